The number of amides is 2. The number of carbonyl (C=O) groups excluding carboxylic acids is 2. The Labute approximate surface area is 273 Å². The van der Waals surface area contributed by atoms with Gasteiger partial charge in [0.15, 0.2) is 5.71 Å². The van der Waals surface area contributed by atoms with Crippen LogP contribution in [0.25, 0.3) is 0 Å². The summed E-state index contributed by atoms with van der Waals surface area (Å²) in [4.78, 5) is 39.7. The molecule has 2 fully saturated rings. The molecule has 0 bridgehead atoms. The number of benzene rings is 2. The Kier molecular flexibility index (Phi) is 13.4. The van der Waals surface area contributed by atoms with Gasteiger partial charge in [-0.1, -0.05) is 73.0 Å². The normalized spacial score (nSPS) is 17.1. The number of likely N-dealkylation sites (tertiary alicyclic amines) is 2. The highest BCUT2D eigenvalue weighted by Crippen LogP contribution is 2.31. The molecule has 1 unspecified atom stereocenters. The van der Waals surface area contributed by atoms with Gasteiger partial charge in [0.05, 0.1) is 5.71 Å². The number of oxime groups is 2. The third-order valence-corrected chi connectivity index (χ3v) is 9.25. The molecule has 4 rings (SSSR count). The predicted molar refractivity (Wildman–Crippen MR) is 173 cm³/mol. The van der Waals surface area contributed by atoms with Crippen molar-refractivity contribution in [1.29, 1.82) is 0 Å². The molecule has 2 amide bonds. The number of carbonyl (C=O) groups is 2. The summed E-state index contributed by atoms with van der Waals surface area (Å²) in [7, 11) is 0. The number of piperidine rings is 2. The largest absolute Gasteiger partial charge is 0.437 e. The second-order valence-electron chi connectivity index (χ2n) is 11.6. The minimum Gasteiger partial charge on any atom is -0.306 e. The zero-order valence-electron chi connectivity index (χ0n) is 26.6. The van der Waals surface area contributed by atoms with Crippen LogP contribution >= 0.6 is 11.8 Å². The number of hydrogen-bond donors (Lipinski definition) is 0. The van der Waals surface area contributed by atoms with Gasteiger partial charge in [-0.3, -0.25) is 9.68 Å². The first-order valence-corrected chi connectivity index (χ1v) is 17.0. The summed E-state index contributed by atoms with van der Waals surface area (Å²) in [5.41, 5.74) is 0.137. The van der Waals surface area contributed by atoms with Crippen molar-refractivity contribution in [2.45, 2.75) is 94.0 Å². The second-order valence-corrected chi connectivity index (χ2v) is 12.8. The van der Waals surface area contributed by atoms with Gasteiger partial charge >= 0.3 is 18.4 Å². The Morgan fingerprint density at radius 3 is 1.70 bits per heavy atom. The highest BCUT2D eigenvalue weighted by Gasteiger charge is 2.38. The topological polar surface area (TPSA) is 83.8 Å². The molecule has 2 aliphatic heterocycles. The van der Waals surface area contributed by atoms with E-state index in [1.165, 1.54) is 28.8 Å². The lowest BCUT2D eigenvalue weighted by Gasteiger charge is -2.25. The second kappa shape index (κ2) is 17.4. The van der Waals surface area contributed by atoms with Crippen LogP contribution in [0.5, 0.6) is 0 Å². The van der Waals surface area contributed by atoms with Crippen LogP contribution in [0, 0.1) is 5.92 Å². The van der Waals surface area contributed by atoms with Gasteiger partial charge in [0.1, 0.15) is 0 Å². The summed E-state index contributed by atoms with van der Waals surface area (Å²) in [6, 6.07) is 13.5. The molecule has 2 saturated heterocycles. The molecule has 0 N–H and O–H groups in total. The van der Waals surface area contributed by atoms with Crippen molar-refractivity contribution in [1.82, 2.24) is 9.80 Å². The van der Waals surface area contributed by atoms with E-state index in [0.717, 1.165) is 85.3 Å². The molecule has 2 aromatic carbocycles. The van der Waals surface area contributed by atoms with E-state index < -0.39 is 24.1 Å². The molecule has 2 heterocycles. The van der Waals surface area contributed by atoms with Crippen LogP contribution in [0.1, 0.15) is 89.2 Å². The molecule has 0 saturated carbocycles. The molecule has 1 atom stereocenters. The zero-order valence-corrected chi connectivity index (χ0v) is 27.4. The maximum absolute atomic E-state index is 13.8. The molecule has 0 spiro atoms. The average Bonchev–Trinajstić information content (AvgIpc) is 3.07. The fourth-order valence-electron chi connectivity index (χ4n) is 5.57. The van der Waals surface area contributed by atoms with Crippen LogP contribution in [0.3, 0.4) is 0 Å². The lowest BCUT2D eigenvalue weighted by atomic mass is 9.90. The number of unbranched alkanes of at least 4 members (excludes halogenated alkanes) is 1. The zero-order chi connectivity index (χ0) is 32.9. The molecular weight excluding hydrogens is 617 g/mol. The van der Waals surface area contributed by atoms with Gasteiger partial charge in [-0.05, 0) is 81.2 Å². The Balaban J connectivity index is 1.45. The summed E-state index contributed by atoms with van der Waals surface area (Å²) >= 11 is 1.39. The van der Waals surface area contributed by atoms with Crippen molar-refractivity contribution in [3.8, 4) is 0 Å². The Morgan fingerprint density at radius 2 is 1.24 bits per heavy atom. The first-order valence-electron chi connectivity index (χ1n) is 16.2. The van der Waals surface area contributed by atoms with Crippen LogP contribution in [0.4, 0.5) is 22.8 Å². The summed E-state index contributed by atoms with van der Waals surface area (Å²) in [6.45, 7) is 6.49. The highest BCUT2D eigenvalue weighted by molar-refractivity contribution is 7.99. The fourth-order valence-corrected chi connectivity index (χ4v) is 6.38. The molecule has 8 nitrogen and oxygen atoms in total. The van der Waals surface area contributed by atoms with Crippen LogP contribution in [-0.4, -0.2) is 65.8 Å². The summed E-state index contributed by atoms with van der Waals surface area (Å²) in [6.07, 6.45) is 3.34. The van der Waals surface area contributed by atoms with Crippen LogP contribution in [-0.2, 0) is 9.68 Å². The Morgan fingerprint density at radius 1 is 0.761 bits per heavy atom. The van der Waals surface area contributed by atoms with E-state index in [4.69, 9.17) is 9.68 Å². The third kappa shape index (κ3) is 10.2. The van der Waals surface area contributed by atoms with E-state index >= 15 is 0 Å². The number of alkyl halides is 3. The van der Waals surface area contributed by atoms with Gasteiger partial charge in [0, 0.05) is 47.5 Å². The summed E-state index contributed by atoms with van der Waals surface area (Å²) in [5.74, 6) is 0.128. The minimum atomic E-state index is -4.80. The monoisotopic (exact) mass is 660 g/mol. The van der Waals surface area contributed by atoms with Crippen molar-refractivity contribution in [3.05, 3.63) is 59.7 Å². The lowest BCUT2D eigenvalue weighted by molar-refractivity contribution is -0.0605. The van der Waals surface area contributed by atoms with E-state index in [1.807, 2.05) is 24.3 Å². The Bertz CT molecular complexity index is 1340. The first-order chi connectivity index (χ1) is 22.2. The number of halogens is 3. The van der Waals surface area contributed by atoms with Crippen molar-refractivity contribution < 1.29 is 32.4 Å². The van der Waals surface area contributed by atoms with Gasteiger partial charge in [-0.25, -0.2) is 9.59 Å². The number of rotatable bonds is 11. The SMILES string of the molecule is CCCCC(CC)/C(=N\OC(=O)N1CCCCC1)c1ccc(Sc2ccc(/C(=N/OC(=O)N3CCCCC3)C(F)(F)F)cc2)cc1. The smallest absolute Gasteiger partial charge is 0.306 e. The van der Waals surface area contributed by atoms with Crippen LogP contribution in [0.2, 0.25) is 0 Å². The molecule has 46 heavy (non-hydrogen) atoms. The molecule has 250 valence electrons. The number of nitrogens with zero attached hydrogens (tertiary/aromatic N) is 4. The first kappa shape index (κ1) is 35.3. The lowest BCUT2D eigenvalue weighted by Crippen LogP contribution is -2.36. The summed E-state index contributed by atoms with van der Waals surface area (Å²) < 4.78 is 41.4. The van der Waals surface area contributed by atoms with Gasteiger partial charge in [-0.15, -0.1) is 0 Å². The van der Waals surface area contributed by atoms with Gasteiger partial charge in [-0.2, -0.15) is 13.2 Å². The highest BCUT2D eigenvalue weighted by atomic mass is 32.2. The van der Waals surface area contributed by atoms with Crippen molar-refractivity contribution in [2.24, 2.45) is 16.2 Å². The van der Waals surface area contributed by atoms with Crippen molar-refractivity contribution in [2.75, 3.05) is 26.2 Å². The molecule has 0 radical (unpaired) electrons. The summed E-state index contributed by atoms with van der Waals surface area (Å²) in [5, 5.41) is 7.61. The van der Waals surface area contributed by atoms with E-state index in [2.05, 4.69) is 24.2 Å². The molecule has 0 aromatic heterocycles. The molecule has 2 aliphatic rings. The van der Waals surface area contributed by atoms with E-state index in [0.29, 0.717) is 26.2 Å². The standard InChI is InChI=1S/C34H43F3N4O4S/c1-3-5-12-25(4-2)30(38-44-32(42)40-21-8-6-9-22-40)26-13-17-28(18-14-26)46-29-19-15-27(16-20-29)31(34(35,36)37)39-45-33(43)41-23-10-7-11-24-41/h13-20,25H,3-12,21-24H2,1-2H3/b38-30+,39-31-. The van der Waals surface area contributed by atoms with Crippen molar-refractivity contribution >= 4 is 35.4 Å². The van der Waals surface area contributed by atoms with E-state index in [-0.39, 0.29) is 11.5 Å². The third-order valence-electron chi connectivity index (χ3n) is 8.23. The van der Waals surface area contributed by atoms with Crippen molar-refractivity contribution in [3.63, 3.8) is 0 Å². The molecule has 12 heteroatoms. The fraction of sp³-hybridized carbons (Fsp3) is 0.529. The van der Waals surface area contributed by atoms with E-state index in [1.54, 1.807) is 17.0 Å². The van der Waals surface area contributed by atoms with Crippen LogP contribution in [0.15, 0.2) is 68.6 Å². The quantitative estimate of drug-likeness (QED) is 0.136. The molecular formula is C34H43F3N4O4S. The van der Waals surface area contributed by atoms with Gasteiger partial charge in [0.2, 0.25) is 0 Å². The maximum Gasteiger partial charge on any atom is 0.437 e. The van der Waals surface area contributed by atoms with Gasteiger partial charge < -0.3 is 9.80 Å². The predicted octanol–water partition coefficient (Wildman–Crippen LogP) is 9.27. The molecule has 0 aliphatic carbocycles. The van der Waals surface area contributed by atoms with E-state index in [9.17, 15) is 22.8 Å². The maximum atomic E-state index is 13.8. The molecule has 2 aromatic rings. The minimum absolute atomic E-state index is 0.128. The average molecular weight is 661 g/mol. The Hall–Kier alpha value is -3.54. The van der Waals surface area contributed by atoms with Gasteiger partial charge in [0.25, 0.3) is 0 Å². The number of hydrogen-bond acceptors (Lipinski definition) is 7. The van der Waals surface area contributed by atoms with Crippen LogP contribution < -0.4 is 0 Å².